The number of hydrogen-bond donors (Lipinski definition) is 0. The number of carbonyl (C=O) groups excluding carboxylic acids is 1. The minimum atomic E-state index is 0.326. The van der Waals surface area contributed by atoms with Crippen molar-refractivity contribution in [2.45, 2.75) is 43.9 Å². The highest BCUT2D eigenvalue weighted by molar-refractivity contribution is 9.10. The fourth-order valence-corrected chi connectivity index (χ4v) is 3.75. The SMILES string of the molecule is O=C1CCC2(CCCC2)c2cc(Br)ccc21. The van der Waals surface area contributed by atoms with Gasteiger partial charge >= 0.3 is 0 Å². The van der Waals surface area contributed by atoms with Gasteiger partial charge in [0, 0.05) is 16.5 Å². The lowest BCUT2D eigenvalue weighted by molar-refractivity contribution is 0.0951. The minimum Gasteiger partial charge on any atom is -0.294 e. The summed E-state index contributed by atoms with van der Waals surface area (Å²) >= 11 is 3.53. The molecular formula is C14H15BrO. The molecule has 16 heavy (non-hydrogen) atoms. The molecule has 0 radical (unpaired) electrons. The Balaban J connectivity index is 2.18. The summed E-state index contributed by atoms with van der Waals surface area (Å²) in [6.07, 6.45) is 6.98. The molecule has 0 atom stereocenters. The van der Waals surface area contributed by atoms with Crippen molar-refractivity contribution >= 4 is 21.7 Å². The van der Waals surface area contributed by atoms with Crippen molar-refractivity contribution in [3.8, 4) is 0 Å². The van der Waals surface area contributed by atoms with Crippen LogP contribution in [0.2, 0.25) is 0 Å². The first kappa shape index (κ1) is 10.5. The Bertz CT molecular complexity index is 444. The van der Waals surface area contributed by atoms with Gasteiger partial charge in [-0.25, -0.2) is 0 Å². The zero-order valence-electron chi connectivity index (χ0n) is 9.26. The molecular weight excluding hydrogens is 264 g/mol. The highest BCUT2D eigenvalue weighted by Crippen LogP contribution is 2.49. The van der Waals surface area contributed by atoms with Crippen LogP contribution in [0.5, 0.6) is 0 Å². The van der Waals surface area contributed by atoms with Crippen LogP contribution < -0.4 is 0 Å². The van der Waals surface area contributed by atoms with Gasteiger partial charge in [-0.2, -0.15) is 0 Å². The van der Waals surface area contributed by atoms with Crippen molar-refractivity contribution in [3.63, 3.8) is 0 Å². The molecule has 1 aromatic rings. The van der Waals surface area contributed by atoms with Crippen LogP contribution in [0.25, 0.3) is 0 Å². The first-order valence-electron chi connectivity index (χ1n) is 6.05. The van der Waals surface area contributed by atoms with E-state index in [1.807, 2.05) is 12.1 Å². The number of fused-ring (bicyclic) bond motifs is 2. The second-order valence-corrected chi connectivity index (χ2v) is 6.02. The maximum Gasteiger partial charge on any atom is 0.163 e. The number of rotatable bonds is 0. The lowest BCUT2D eigenvalue weighted by atomic mass is 9.68. The van der Waals surface area contributed by atoms with E-state index in [2.05, 4.69) is 22.0 Å². The molecule has 0 saturated heterocycles. The van der Waals surface area contributed by atoms with Crippen LogP contribution in [0.1, 0.15) is 54.4 Å². The molecule has 1 fully saturated rings. The van der Waals surface area contributed by atoms with Gasteiger partial charge in [0.05, 0.1) is 0 Å². The summed E-state index contributed by atoms with van der Waals surface area (Å²) in [6.45, 7) is 0. The predicted octanol–water partition coefficient (Wildman–Crippen LogP) is 4.24. The number of benzene rings is 1. The van der Waals surface area contributed by atoms with Crippen LogP contribution in [-0.4, -0.2) is 5.78 Å². The molecule has 1 aromatic carbocycles. The molecule has 0 heterocycles. The van der Waals surface area contributed by atoms with E-state index in [0.717, 1.165) is 22.9 Å². The Hall–Kier alpha value is -0.630. The largest absolute Gasteiger partial charge is 0.294 e. The van der Waals surface area contributed by atoms with Crippen LogP contribution in [0.4, 0.5) is 0 Å². The maximum atomic E-state index is 11.9. The zero-order valence-corrected chi connectivity index (χ0v) is 10.8. The fraction of sp³-hybridized carbons (Fsp3) is 0.500. The van der Waals surface area contributed by atoms with E-state index in [0.29, 0.717) is 11.2 Å². The number of halogens is 1. The first-order chi connectivity index (χ1) is 7.71. The molecule has 2 heteroatoms. The molecule has 2 aliphatic rings. The fourth-order valence-electron chi connectivity index (χ4n) is 3.39. The lowest BCUT2D eigenvalue weighted by Gasteiger charge is -2.35. The molecule has 84 valence electrons. The van der Waals surface area contributed by atoms with Gasteiger partial charge in [-0.05, 0) is 48.4 Å². The van der Waals surface area contributed by atoms with Gasteiger partial charge in [0.25, 0.3) is 0 Å². The normalized spacial score (nSPS) is 22.4. The van der Waals surface area contributed by atoms with Crippen molar-refractivity contribution in [1.82, 2.24) is 0 Å². The second kappa shape index (κ2) is 3.69. The van der Waals surface area contributed by atoms with Crippen LogP contribution in [0.3, 0.4) is 0 Å². The van der Waals surface area contributed by atoms with E-state index < -0.39 is 0 Å². The number of hydrogen-bond acceptors (Lipinski definition) is 1. The van der Waals surface area contributed by atoms with Crippen LogP contribution in [0, 0.1) is 0 Å². The predicted molar refractivity (Wildman–Crippen MR) is 67.9 cm³/mol. The van der Waals surface area contributed by atoms with E-state index in [-0.39, 0.29) is 0 Å². The highest BCUT2D eigenvalue weighted by Gasteiger charge is 2.41. The van der Waals surface area contributed by atoms with Gasteiger partial charge in [-0.3, -0.25) is 4.79 Å². The Morgan fingerprint density at radius 1 is 1.12 bits per heavy atom. The first-order valence-corrected chi connectivity index (χ1v) is 6.84. The van der Waals surface area contributed by atoms with Crippen molar-refractivity contribution in [1.29, 1.82) is 0 Å². The van der Waals surface area contributed by atoms with Gasteiger partial charge in [0.1, 0.15) is 0 Å². The van der Waals surface area contributed by atoms with Crippen LogP contribution >= 0.6 is 15.9 Å². The summed E-state index contributed by atoms with van der Waals surface area (Å²) in [6, 6.07) is 6.17. The quantitative estimate of drug-likeness (QED) is 0.694. The number of ketones is 1. The topological polar surface area (TPSA) is 17.1 Å². The van der Waals surface area contributed by atoms with E-state index in [9.17, 15) is 4.79 Å². The van der Waals surface area contributed by atoms with Crippen molar-refractivity contribution < 1.29 is 4.79 Å². The Labute approximate surface area is 104 Å². The van der Waals surface area contributed by atoms with Gasteiger partial charge in [-0.1, -0.05) is 28.8 Å². The van der Waals surface area contributed by atoms with Crippen LogP contribution in [-0.2, 0) is 5.41 Å². The molecule has 1 spiro atoms. The number of carbonyl (C=O) groups is 1. The van der Waals surface area contributed by atoms with Gasteiger partial charge in [0.2, 0.25) is 0 Å². The Morgan fingerprint density at radius 3 is 2.62 bits per heavy atom. The summed E-state index contributed by atoms with van der Waals surface area (Å²) in [4.78, 5) is 11.9. The van der Waals surface area contributed by atoms with Crippen molar-refractivity contribution in [3.05, 3.63) is 33.8 Å². The standard InChI is InChI=1S/C14H15BrO/c15-10-3-4-11-12(9-10)14(6-1-2-7-14)8-5-13(11)16/h3-4,9H,1-2,5-8H2. The third-order valence-corrected chi connectivity index (χ3v) is 4.74. The van der Waals surface area contributed by atoms with Crippen molar-refractivity contribution in [2.75, 3.05) is 0 Å². The summed E-state index contributed by atoms with van der Waals surface area (Å²) in [5.74, 6) is 0.333. The van der Waals surface area contributed by atoms with Crippen molar-refractivity contribution in [2.24, 2.45) is 0 Å². The molecule has 3 rings (SSSR count). The Kier molecular flexibility index (Phi) is 2.43. The summed E-state index contributed by atoms with van der Waals surface area (Å²) < 4.78 is 1.10. The average Bonchev–Trinajstić information content (AvgIpc) is 2.74. The third-order valence-electron chi connectivity index (χ3n) is 4.24. The summed E-state index contributed by atoms with van der Waals surface area (Å²) in [5, 5.41) is 0. The second-order valence-electron chi connectivity index (χ2n) is 5.10. The molecule has 2 aliphatic carbocycles. The van der Waals surface area contributed by atoms with E-state index in [1.54, 1.807) is 0 Å². The van der Waals surface area contributed by atoms with E-state index in [4.69, 9.17) is 0 Å². The Morgan fingerprint density at radius 2 is 1.88 bits per heavy atom. The van der Waals surface area contributed by atoms with E-state index >= 15 is 0 Å². The smallest absolute Gasteiger partial charge is 0.163 e. The maximum absolute atomic E-state index is 11.9. The number of Topliss-reactive ketones (excluding diaryl/α,β-unsaturated/α-hetero) is 1. The van der Waals surface area contributed by atoms with Gasteiger partial charge < -0.3 is 0 Å². The molecule has 0 aliphatic heterocycles. The molecule has 0 aromatic heterocycles. The minimum absolute atomic E-state index is 0.326. The molecule has 1 saturated carbocycles. The van der Waals surface area contributed by atoms with E-state index in [1.165, 1.54) is 31.2 Å². The molecule has 0 N–H and O–H groups in total. The average molecular weight is 279 g/mol. The zero-order chi connectivity index (χ0) is 11.2. The highest BCUT2D eigenvalue weighted by atomic mass is 79.9. The molecule has 0 unspecified atom stereocenters. The molecule has 0 bridgehead atoms. The molecule has 1 nitrogen and oxygen atoms in total. The van der Waals surface area contributed by atoms with Crippen LogP contribution in [0.15, 0.2) is 22.7 Å². The van der Waals surface area contributed by atoms with Gasteiger partial charge in [-0.15, -0.1) is 0 Å². The van der Waals surface area contributed by atoms with Gasteiger partial charge in [0.15, 0.2) is 5.78 Å². The lowest BCUT2D eigenvalue weighted by Crippen LogP contribution is -2.30. The monoisotopic (exact) mass is 278 g/mol. The summed E-state index contributed by atoms with van der Waals surface area (Å²) in [5.41, 5.74) is 2.62. The third kappa shape index (κ3) is 1.46. The molecule has 0 amide bonds. The summed E-state index contributed by atoms with van der Waals surface area (Å²) in [7, 11) is 0.